The molecule has 0 radical (unpaired) electrons. The molecule has 0 saturated carbocycles. The zero-order valence-corrected chi connectivity index (χ0v) is 17.4. The molecule has 1 aliphatic rings. The molecule has 7 nitrogen and oxygen atoms in total. The normalized spacial score (nSPS) is 18.8. The van der Waals surface area contributed by atoms with Crippen molar-refractivity contribution in [3.63, 3.8) is 0 Å². The van der Waals surface area contributed by atoms with Crippen LogP contribution in [-0.4, -0.2) is 37.2 Å². The molecule has 0 amide bonds. The van der Waals surface area contributed by atoms with Crippen molar-refractivity contribution in [3.05, 3.63) is 35.4 Å². The van der Waals surface area contributed by atoms with E-state index in [9.17, 15) is 14.4 Å². The van der Waals surface area contributed by atoms with Crippen molar-refractivity contribution in [1.82, 2.24) is 0 Å². The van der Waals surface area contributed by atoms with Gasteiger partial charge in [0.25, 0.3) is 0 Å². The van der Waals surface area contributed by atoms with Crippen molar-refractivity contribution in [3.8, 4) is 11.5 Å². The Labute approximate surface area is 171 Å². The molecule has 0 aromatic heterocycles. The minimum absolute atomic E-state index is 0.0513. The highest BCUT2D eigenvalue weighted by atomic mass is 16.5. The maximum atomic E-state index is 11.4. The van der Waals surface area contributed by atoms with Crippen molar-refractivity contribution in [2.45, 2.75) is 53.1 Å². The summed E-state index contributed by atoms with van der Waals surface area (Å²) in [6.07, 6.45) is 4.34. The lowest BCUT2D eigenvalue weighted by molar-refractivity contribution is -0.144. The first-order valence-corrected chi connectivity index (χ1v) is 9.67. The summed E-state index contributed by atoms with van der Waals surface area (Å²) in [4.78, 5) is 33.5. The monoisotopic (exact) mass is 404 g/mol. The molecular weight excluding hydrogens is 376 g/mol. The summed E-state index contributed by atoms with van der Waals surface area (Å²) < 4.78 is 21.4. The van der Waals surface area contributed by atoms with Crippen LogP contribution in [0.15, 0.2) is 29.8 Å². The van der Waals surface area contributed by atoms with Crippen LogP contribution in [0.3, 0.4) is 0 Å². The Balaban J connectivity index is 2.00. The highest BCUT2D eigenvalue weighted by Gasteiger charge is 2.23. The molecule has 1 fully saturated rings. The van der Waals surface area contributed by atoms with Gasteiger partial charge in [-0.15, -0.1) is 0 Å². The topological polar surface area (TPSA) is 88.1 Å². The molecule has 0 spiro atoms. The first-order chi connectivity index (χ1) is 13.7. The molecule has 158 valence electrons. The third-order valence-electron chi connectivity index (χ3n) is 4.57. The Morgan fingerprint density at radius 3 is 2.45 bits per heavy atom. The average molecular weight is 404 g/mol. The first-order valence-electron chi connectivity index (χ1n) is 9.67. The summed E-state index contributed by atoms with van der Waals surface area (Å²) in [5.74, 6) is -0.131. The molecule has 1 aliphatic heterocycles. The molecule has 0 bridgehead atoms. The molecule has 0 unspecified atom stereocenters. The highest BCUT2D eigenvalue weighted by Crippen LogP contribution is 2.28. The van der Waals surface area contributed by atoms with E-state index < -0.39 is 11.9 Å². The molecule has 29 heavy (non-hydrogen) atoms. The molecule has 0 N–H and O–H groups in total. The van der Waals surface area contributed by atoms with Crippen LogP contribution in [-0.2, 0) is 30.3 Å². The second-order valence-electron chi connectivity index (χ2n) is 7.19. The van der Waals surface area contributed by atoms with Crippen LogP contribution < -0.4 is 9.47 Å². The Morgan fingerprint density at radius 2 is 1.86 bits per heavy atom. The van der Waals surface area contributed by atoms with E-state index in [2.05, 4.69) is 0 Å². The van der Waals surface area contributed by atoms with Crippen LogP contribution >= 0.6 is 0 Å². The van der Waals surface area contributed by atoms with Crippen molar-refractivity contribution in [2.75, 3.05) is 13.2 Å². The lowest BCUT2D eigenvalue weighted by Gasteiger charge is -2.29. The van der Waals surface area contributed by atoms with E-state index >= 15 is 0 Å². The van der Waals surface area contributed by atoms with Gasteiger partial charge in [0.15, 0.2) is 0 Å². The number of hydrogen-bond donors (Lipinski definition) is 0. The maximum Gasteiger partial charge on any atom is 0.308 e. The summed E-state index contributed by atoms with van der Waals surface area (Å²) in [7, 11) is 0. The largest absolute Gasteiger partial charge is 0.465 e. The number of esters is 3. The van der Waals surface area contributed by atoms with Crippen molar-refractivity contribution in [1.29, 1.82) is 0 Å². The zero-order valence-electron chi connectivity index (χ0n) is 17.4. The van der Waals surface area contributed by atoms with Crippen molar-refractivity contribution < 1.29 is 33.3 Å². The minimum atomic E-state index is -0.413. The van der Waals surface area contributed by atoms with Gasteiger partial charge in [-0.05, 0) is 43.0 Å². The van der Waals surface area contributed by atoms with Crippen molar-refractivity contribution >= 4 is 17.9 Å². The smallest absolute Gasteiger partial charge is 0.308 e. The fraction of sp³-hybridized carbons (Fsp3) is 0.500. The molecule has 1 saturated heterocycles. The van der Waals surface area contributed by atoms with E-state index in [1.54, 1.807) is 18.2 Å². The van der Waals surface area contributed by atoms with Gasteiger partial charge in [0.05, 0.1) is 19.3 Å². The Bertz CT molecular complexity index is 771. The minimum Gasteiger partial charge on any atom is -0.465 e. The van der Waals surface area contributed by atoms with E-state index in [1.165, 1.54) is 20.8 Å². The van der Waals surface area contributed by atoms with Gasteiger partial charge in [-0.25, -0.2) is 0 Å². The fourth-order valence-electron chi connectivity index (χ4n) is 3.12. The summed E-state index contributed by atoms with van der Waals surface area (Å²) in [5.41, 5.74) is 1.89. The third kappa shape index (κ3) is 7.69. The second-order valence-corrected chi connectivity index (χ2v) is 7.19. The highest BCUT2D eigenvalue weighted by molar-refractivity contribution is 5.71. The van der Waals surface area contributed by atoms with E-state index in [-0.39, 0.29) is 18.0 Å². The number of hydrogen-bond acceptors (Lipinski definition) is 7. The van der Waals surface area contributed by atoms with Crippen LogP contribution in [0, 0.1) is 5.92 Å². The van der Waals surface area contributed by atoms with Crippen LogP contribution in [0.4, 0.5) is 0 Å². The van der Waals surface area contributed by atoms with Gasteiger partial charge in [-0.2, -0.15) is 0 Å². The summed E-state index contributed by atoms with van der Waals surface area (Å²) in [6.45, 7) is 6.94. The predicted octanol–water partition coefficient (Wildman–Crippen LogP) is 3.38. The number of ether oxygens (including phenoxy) is 4. The molecule has 2 rings (SSSR count). The summed E-state index contributed by atoms with van der Waals surface area (Å²) in [6, 6.07) is 4.91. The van der Waals surface area contributed by atoms with Gasteiger partial charge in [-0.1, -0.05) is 13.0 Å². The van der Waals surface area contributed by atoms with Gasteiger partial charge in [-0.3, -0.25) is 14.4 Å². The van der Waals surface area contributed by atoms with Gasteiger partial charge in [0, 0.05) is 32.3 Å². The van der Waals surface area contributed by atoms with Gasteiger partial charge in [0.1, 0.15) is 11.5 Å². The molecular formula is C22H28O7. The summed E-state index contributed by atoms with van der Waals surface area (Å²) in [5, 5.41) is 0. The molecule has 1 aromatic carbocycles. The average Bonchev–Trinajstić information content (AvgIpc) is 2.65. The quantitative estimate of drug-likeness (QED) is 0.391. The third-order valence-corrected chi connectivity index (χ3v) is 4.57. The lowest BCUT2D eigenvalue weighted by atomic mass is 9.95. The number of benzene rings is 1. The van der Waals surface area contributed by atoms with Crippen LogP contribution in [0.25, 0.3) is 0 Å². The van der Waals surface area contributed by atoms with Crippen LogP contribution in [0.1, 0.15) is 46.1 Å². The summed E-state index contributed by atoms with van der Waals surface area (Å²) >= 11 is 0. The van der Waals surface area contributed by atoms with Crippen LogP contribution in [0.5, 0.6) is 11.5 Å². The number of rotatable bonds is 7. The molecule has 1 heterocycles. The number of allylic oxidation sites excluding steroid dienone is 1. The number of carbonyl (C=O) groups excluding carboxylic acids is 3. The van der Waals surface area contributed by atoms with E-state index in [4.69, 9.17) is 18.9 Å². The first kappa shape index (κ1) is 22.6. The standard InChI is InChI=1S/C22H28O7/c1-14(12-26-15(2)23)21-9-6-18(13-27-21)5-7-19-11-20(28-16(3)24)8-10-22(19)29-17(4)25/h5,8,10-11,14,21H,6-7,9,12-13H2,1-4H3/t14-,21-/m1/s1. The molecule has 2 atom stereocenters. The second kappa shape index (κ2) is 10.8. The SMILES string of the molecule is CC(=O)OC[C@@H](C)[C@H]1CCC(=CCc2cc(OC(C)=O)ccc2OC(C)=O)CO1. The Hall–Kier alpha value is -2.67. The number of carbonyl (C=O) groups is 3. The Kier molecular flexibility index (Phi) is 8.39. The van der Waals surface area contributed by atoms with Gasteiger partial charge in [0.2, 0.25) is 0 Å². The lowest BCUT2D eigenvalue weighted by Crippen LogP contribution is -2.30. The van der Waals surface area contributed by atoms with E-state index in [0.29, 0.717) is 31.1 Å². The molecule has 1 aromatic rings. The molecule has 0 aliphatic carbocycles. The zero-order chi connectivity index (χ0) is 21.4. The van der Waals surface area contributed by atoms with Crippen molar-refractivity contribution in [2.24, 2.45) is 5.92 Å². The Morgan fingerprint density at radius 1 is 1.14 bits per heavy atom. The van der Waals surface area contributed by atoms with Gasteiger partial charge < -0.3 is 18.9 Å². The van der Waals surface area contributed by atoms with E-state index in [1.807, 2.05) is 13.0 Å². The van der Waals surface area contributed by atoms with Gasteiger partial charge >= 0.3 is 17.9 Å². The predicted molar refractivity (Wildman–Crippen MR) is 106 cm³/mol. The fourth-order valence-corrected chi connectivity index (χ4v) is 3.12. The van der Waals surface area contributed by atoms with E-state index in [0.717, 1.165) is 24.0 Å². The van der Waals surface area contributed by atoms with Crippen LogP contribution in [0.2, 0.25) is 0 Å². The maximum absolute atomic E-state index is 11.4. The molecule has 7 heteroatoms.